The van der Waals surface area contributed by atoms with E-state index < -0.39 is 0 Å². The maximum atomic E-state index is 9.74. The Morgan fingerprint density at radius 3 is 2.67 bits per heavy atom. The average molecular weight is 162 g/mol. The zero-order chi connectivity index (χ0) is 8.65. The van der Waals surface area contributed by atoms with E-state index in [2.05, 4.69) is 4.74 Å². The van der Waals surface area contributed by atoms with Crippen molar-refractivity contribution in [2.75, 3.05) is 0 Å². The molecule has 1 rings (SSSR count). The number of rotatable bonds is 4. The summed E-state index contributed by atoms with van der Waals surface area (Å²) in [4.78, 5) is 9.74. The number of hydrogen-bond donors (Lipinski definition) is 0. The molecule has 1 aromatic rings. The Kier molecular flexibility index (Phi) is 3.64. The van der Waals surface area contributed by atoms with Crippen molar-refractivity contribution in [3.05, 3.63) is 48.2 Å². The zero-order valence-electron chi connectivity index (χ0n) is 6.64. The average Bonchev–Trinajstić information content (AvgIpc) is 2.14. The van der Waals surface area contributed by atoms with Gasteiger partial charge in [-0.2, -0.15) is 0 Å². The van der Waals surface area contributed by atoms with E-state index in [9.17, 15) is 4.79 Å². The van der Waals surface area contributed by atoms with Gasteiger partial charge in [0.15, 0.2) is 0 Å². The van der Waals surface area contributed by atoms with Gasteiger partial charge in [-0.25, -0.2) is 0 Å². The van der Waals surface area contributed by atoms with Crippen molar-refractivity contribution in [3.63, 3.8) is 0 Å². The fraction of sp³-hybridized carbons (Fsp3) is 0.100. The third kappa shape index (κ3) is 3.01. The lowest BCUT2D eigenvalue weighted by Gasteiger charge is -1.92. The largest absolute Gasteiger partial charge is 0.437 e. The molecule has 0 saturated carbocycles. The zero-order valence-corrected chi connectivity index (χ0v) is 6.64. The molecule has 0 heterocycles. The fourth-order valence-corrected chi connectivity index (χ4v) is 0.886. The van der Waals surface area contributed by atoms with Gasteiger partial charge in [0, 0.05) is 0 Å². The molecule has 1 aromatic carbocycles. The number of carbonyl (C=O) groups is 1. The molecule has 0 aliphatic rings. The van der Waals surface area contributed by atoms with Gasteiger partial charge in [0.2, 0.25) is 0 Å². The van der Waals surface area contributed by atoms with Crippen LogP contribution in [0.15, 0.2) is 42.7 Å². The summed E-state index contributed by atoms with van der Waals surface area (Å²) in [5.74, 6) is 0. The molecule has 0 saturated heterocycles. The lowest BCUT2D eigenvalue weighted by molar-refractivity contribution is -0.123. The van der Waals surface area contributed by atoms with E-state index in [1.807, 2.05) is 30.3 Å². The van der Waals surface area contributed by atoms with Crippen molar-refractivity contribution >= 4 is 6.47 Å². The van der Waals surface area contributed by atoms with E-state index >= 15 is 0 Å². The number of ether oxygens (including phenoxy) is 1. The highest BCUT2D eigenvalue weighted by atomic mass is 16.5. The summed E-state index contributed by atoms with van der Waals surface area (Å²) in [5.41, 5.74) is 1.20. The van der Waals surface area contributed by atoms with Crippen LogP contribution in [-0.2, 0) is 16.0 Å². The summed E-state index contributed by atoms with van der Waals surface area (Å²) < 4.78 is 4.39. The first-order chi connectivity index (χ1) is 5.93. The molecule has 0 aliphatic carbocycles. The minimum absolute atomic E-state index is 0.404. The monoisotopic (exact) mass is 162 g/mol. The molecule has 0 N–H and O–H groups in total. The summed E-state index contributed by atoms with van der Waals surface area (Å²) in [6, 6.07) is 9.96. The molecule has 0 aromatic heterocycles. The quantitative estimate of drug-likeness (QED) is 0.499. The van der Waals surface area contributed by atoms with Crippen molar-refractivity contribution in [2.24, 2.45) is 0 Å². The third-order valence-electron chi connectivity index (χ3n) is 1.43. The lowest BCUT2D eigenvalue weighted by Crippen LogP contribution is -1.79. The Morgan fingerprint density at radius 2 is 2.00 bits per heavy atom. The first kappa shape index (κ1) is 8.53. The maximum absolute atomic E-state index is 9.74. The van der Waals surface area contributed by atoms with E-state index in [0.717, 1.165) is 6.42 Å². The molecular formula is C10H10O2. The fourth-order valence-electron chi connectivity index (χ4n) is 0.886. The molecule has 0 amide bonds. The Bertz CT molecular complexity index is 252. The number of carbonyl (C=O) groups excluding carboxylic acids is 1. The minimum Gasteiger partial charge on any atom is -0.437 e. The molecule has 2 nitrogen and oxygen atoms in total. The second-order valence-electron chi connectivity index (χ2n) is 2.29. The predicted molar refractivity (Wildman–Crippen MR) is 46.4 cm³/mol. The van der Waals surface area contributed by atoms with Crippen molar-refractivity contribution < 1.29 is 9.53 Å². The van der Waals surface area contributed by atoms with Crippen LogP contribution in [0.5, 0.6) is 0 Å². The molecule has 0 atom stereocenters. The van der Waals surface area contributed by atoms with Gasteiger partial charge in [-0.3, -0.25) is 4.79 Å². The van der Waals surface area contributed by atoms with Crippen LogP contribution in [0.4, 0.5) is 0 Å². The maximum Gasteiger partial charge on any atom is 0.297 e. The van der Waals surface area contributed by atoms with Crippen LogP contribution < -0.4 is 0 Å². The van der Waals surface area contributed by atoms with Gasteiger partial charge in [-0.1, -0.05) is 30.3 Å². The van der Waals surface area contributed by atoms with Crippen LogP contribution in [0.1, 0.15) is 5.56 Å². The van der Waals surface area contributed by atoms with Crippen LogP contribution in [0.3, 0.4) is 0 Å². The Labute approximate surface area is 71.5 Å². The van der Waals surface area contributed by atoms with Gasteiger partial charge in [-0.15, -0.1) is 0 Å². The van der Waals surface area contributed by atoms with Gasteiger partial charge in [0.05, 0.1) is 6.26 Å². The summed E-state index contributed by atoms with van der Waals surface area (Å²) in [5, 5.41) is 0. The smallest absolute Gasteiger partial charge is 0.297 e. The summed E-state index contributed by atoms with van der Waals surface area (Å²) >= 11 is 0. The molecule has 2 heteroatoms. The van der Waals surface area contributed by atoms with E-state index in [-0.39, 0.29) is 0 Å². The highest BCUT2D eigenvalue weighted by Gasteiger charge is 1.84. The van der Waals surface area contributed by atoms with Crippen LogP contribution in [0.2, 0.25) is 0 Å². The first-order valence-corrected chi connectivity index (χ1v) is 3.71. The van der Waals surface area contributed by atoms with E-state index in [0.29, 0.717) is 6.47 Å². The van der Waals surface area contributed by atoms with Crippen LogP contribution in [0.25, 0.3) is 0 Å². The molecular weight excluding hydrogens is 152 g/mol. The predicted octanol–water partition coefficient (Wildman–Crippen LogP) is 1.92. The second-order valence-corrected chi connectivity index (χ2v) is 2.29. The van der Waals surface area contributed by atoms with Crippen molar-refractivity contribution in [2.45, 2.75) is 6.42 Å². The topological polar surface area (TPSA) is 26.3 Å². The molecule has 0 unspecified atom stereocenters. The Morgan fingerprint density at radius 1 is 1.25 bits per heavy atom. The number of hydrogen-bond acceptors (Lipinski definition) is 2. The van der Waals surface area contributed by atoms with Gasteiger partial charge >= 0.3 is 0 Å². The van der Waals surface area contributed by atoms with Crippen molar-refractivity contribution in [3.8, 4) is 0 Å². The van der Waals surface area contributed by atoms with E-state index in [4.69, 9.17) is 0 Å². The summed E-state index contributed by atoms with van der Waals surface area (Å²) in [7, 11) is 0. The molecule has 0 bridgehead atoms. The summed E-state index contributed by atoms with van der Waals surface area (Å²) in [6.07, 6.45) is 3.97. The highest BCUT2D eigenvalue weighted by molar-refractivity contribution is 5.38. The molecule has 0 fully saturated rings. The molecule has 12 heavy (non-hydrogen) atoms. The molecule has 0 spiro atoms. The normalized spacial score (nSPS) is 10.0. The second kappa shape index (κ2) is 5.13. The standard InChI is InChI=1S/C10H10O2/c11-9-12-8-4-7-10-5-2-1-3-6-10/h1-6,8-9H,7H2. The highest BCUT2D eigenvalue weighted by Crippen LogP contribution is 1.99. The van der Waals surface area contributed by atoms with Crippen molar-refractivity contribution in [1.82, 2.24) is 0 Å². The van der Waals surface area contributed by atoms with Gasteiger partial charge in [0.1, 0.15) is 0 Å². The van der Waals surface area contributed by atoms with Crippen LogP contribution in [-0.4, -0.2) is 6.47 Å². The number of allylic oxidation sites excluding steroid dienone is 1. The first-order valence-electron chi connectivity index (χ1n) is 3.71. The SMILES string of the molecule is O=COC=CCc1ccccc1. The molecule has 62 valence electrons. The van der Waals surface area contributed by atoms with Gasteiger partial charge in [0.25, 0.3) is 6.47 Å². The lowest BCUT2D eigenvalue weighted by atomic mass is 10.2. The summed E-state index contributed by atoms with van der Waals surface area (Å²) in [6.45, 7) is 0.404. The van der Waals surface area contributed by atoms with Gasteiger partial charge in [-0.05, 0) is 18.1 Å². The van der Waals surface area contributed by atoms with E-state index in [1.54, 1.807) is 6.08 Å². The Hall–Kier alpha value is -1.57. The van der Waals surface area contributed by atoms with E-state index in [1.165, 1.54) is 11.8 Å². The number of benzene rings is 1. The van der Waals surface area contributed by atoms with Crippen LogP contribution >= 0.6 is 0 Å². The minimum atomic E-state index is 0.404. The molecule has 0 radical (unpaired) electrons. The van der Waals surface area contributed by atoms with Crippen molar-refractivity contribution in [1.29, 1.82) is 0 Å². The van der Waals surface area contributed by atoms with Gasteiger partial charge < -0.3 is 4.74 Å². The molecule has 0 aliphatic heterocycles. The van der Waals surface area contributed by atoms with Crippen LogP contribution in [0, 0.1) is 0 Å². The third-order valence-corrected chi connectivity index (χ3v) is 1.43. The Balaban J connectivity index is 2.38.